The summed E-state index contributed by atoms with van der Waals surface area (Å²) >= 11 is 1.74. The molecule has 2 rings (SSSR count). The molecule has 0 saturated carbocycles. The van der Waals surface area contributed by atoms with Gasteiger partial charge in [0.2, 0.25) is 0 Å². The van der Waals surface area contributed by atoms with Gasteiger partial charge >= 0.3 is 0 Å². The minimum absolute atomic E-state index is 0.0905. The number of thioether (sulfide) groups is 1. The highest BCUT2D eigenvalue weighted by molar-refractivity contribution is 8.15. The molecule has 0 spiro atoms. The number of aliphatic imine (C=N–C) groups is 1. The van der Waals surface area contributed by atoms with E-state index in [0.29, 0.717) is 5.25 Å². The predicted octanol–water partition coefficient (Wildman–Crippen LogP) is 2.79. The molecule has 0 fully saturated rings. The minimum Gasteiger partial charge on any atom is -0.335 e. The molecule has 1 aliphatic heterocycles. The fourth-order valence-corrected chi connectivity index (χ4v) is 2.31. The molecule has 1 unspecified atom stereocenters. The van der Waals surface area contributed by atoms with Crippen molar-refractivity contribution in [1.29, 1.82) is 0 Å². The summed E-state index contributed by atoms with van der Waals surface area (Å²) in [6.45, 7) is 4.60. The second-order valence-electron chi connectivity index (χ2n) is 3.83. The molecule has 0 radical (unpaired) electrons. The molecule has 1 aromatic rings. The first kappa shape index (κ1) is 11.2. The van der Waals surface area contributed by atoms with Gasteiger partial charge in [-0.1, -0.05) is 18.7 Å². The Labute approximate surface area is 99.3 Å². The van der Waals surface area contributed by atoms with E-state index >= 15 is 0 Å². The van der Waals surface area contributed by atoms with E-state index < -0.39 is 0 Å². The van der Waals surface area contributed by atoms with Gasteiger partial charge in [-0.15, -0.1) is 0 Å². The Morgan fingerprint density at radius 1 is 1.44 bits per heavy atom. The second kappa shape index (κ2) is 4.70. The molecule has 3 nitrogen and oxygen atoms in total. The summed E-state index contributed by atoms with van der Waals surface area (Å²) in [6, 6.07) is 7.47. The summed E-state index contributed by atoms with van der Waals surface area (Å²) in [5.74, 6) is 0.0905. The van der Waals surface area contributed by atoms with Crippen LogP contribution in [0.5, 0.6) is 0 Å². The fourth-order valence-electron chi connectivity index (χ4n) is 1.46. The largest absolute Gasteiger partial charge is 0.335 e. The fraction of sp³-hybridized carbons (Fsp3) is 0.333. The zero-order valence-electron chi connectivity index (χ0n) is 9.36. The van der Waals surface area contributed by atoms with Gasteiger partial charge in [0.25, 0.3) is 0 Å². The predicted molar refractivity (Wildman–Crippen MR) is 69.4 cm³/mol. The highest BCUT2D eigenvalue weighted by Crippen LogP contribution is 2.22. The van der Waals surface area contributed by atoms with E-state index in [1.54, 1.807) is 18.7 Å². The van der Waals surface area contributed by atoms with Crippen molar-refractivity contribution in [2.24, 2.45) is 4.99 Å². The average molecular weight is 234 g/mol. The first-order valence-corrected chi connectivity index (χ1v) is 6.12. The first-order chi connectivity index (χ1) is 7.65. The van der Waals surface area contributed by atoms with Crippen LogP contribution < -0.4 is 5.32 Å². The number of ketones is 1. The van der Waals surface area contributed by atoms with Crippen molar-refractivity contribution in [2.45, 2.75) is 19.1 Å². The van der Waals surface area contributed by atoms with E-state index in [1.807, 2.05) is 24.3 Å². The van der Waals surface area contributed by atoms with Crippen LogP contribution in [0.1, 0.15) is 24.2 Å². The van der Waals surface area contributed by atoms with Crippen molar-refractivity contribution in [3.05, 3.63) is 29.8 Å². The molecule has 0 aromatic heterocycles. The quantitative estimate of drug-likeness (QED) is 0.800. The Kier molecular flexibility index (Phi) is 3.29. The molecule has 1 atom stereocenters. The van der Waals surface area contributed by atoms with Crippen molar-refractivity contribution in [1.82, 2.24) is 0 Å². The van der Waals surface area contributed by atoms with E-state index in [9.17, 15) is 4.79 Å². The van der Waals surface area contributed by atoms with Crippen molar-refractivity contribution >= 4 is 28.4 Å². The molecule has 0 aliphatic carbocycles. The van der Waals surface area contributed by atoms with Crippen LogP contribution in [0.4, 0.5) is 5.69 Å². The van der Waals surface area contributed by atoms with E-state index in [2.05, 4.69) is 17.2 Å². The van der Waals surface area contributed by atoms with Gasteiger partial charge in [0.1, 0.15) is 0 Å². The average Bonchev–Trinajstić information content (AvgIpc) is 2.65. The number of nitrogens with zero attached hydrogens (tertiary/aromatic N) is 1. The molecule has 0 amide bonds. The minimum atomic E-state index is 0.0905. The lowest BCUT2D eigenvalue weighted by molar-refractivity contribution is 0.101. The standard InChI is InChI=1S/C12H14N2OS/c1-8-7-13-12(16-8)14-11-5-3-10(4-6-11)9(2)15/h3-6,8H,7H2,1-2H3,(H,13,14). The summed E-state index contributed by atoms with van der Waals surface area (Å²) in [5.41, 5.74) is 1.71. The van der Waals surface area contributed by atoms with Crippen molar-refractivity contribution in [2.75, 3.05) is 11.9 Å². The SMILES string of the molecule is CC(=O)c1ccc(NC2=NCC(C)S2)cc1. The van der Waals surface area contributed by atoms with Crippen LogP contribution in [0.2, 0.25) is 0 Å². The number of rotatable bonds is 2. The Morgan fingerprint density at radius 3 is 2.62 bits per heavy atom. The van der Waals surface area contributed by atoms with Crippen molar-refractivity contribution in [3.63, 3.8) is 0 Å². The number of benzene rings is 1. The van der Waals surface area contributed by atoms with E-state index in [4.69, 9.17) is 0 Å². The topological polar surface area (TPSA) is 41.5 Å². The normalized spacial score (nSPS) is 19.4. The van der Waals surface area contributed by atoms with Gasteiger partial charge in [0.05, 0.1) is 6.54 Å². The highest BCUT2D eigenvalue weighted by Gasteiger charge is 2.14. The maximum absolute atomic E-state index is 11.1. The third-order valence-corrected chi connectivity index (χ3v) is 3.35. The summed E-state index contributed by atoms with van der Waals surface area (Å²) in [5, 5.41) is 4.75. The Morgan fingerprint density at radius 2 is 2.12 bits per heavy atom. The third-order valence-electron chi connectivity index (χ3n) is 2.35. The van der Waals surface area contributed by atoms with Gasteiger partial charge in [0, 0.05) is 16.5 Å². The third kappa shape index (κ3) is 2.64. The monoisotopic (exact) mass is 234 g/mol. The molecule has 1 heterocycles. The summed E-state index contributed by atoms with van der Waals surface area (Å²) in [6.07, 6.45) is 0. The molecular formula is C12H14N2OS. The number of carbonyl (C=O) groups excluding carboxylic acids is 1. The lowest BCUT2D eigenvalue weighted by Crippen LogP contribution is -2.06. The van der Waals surface area contributed by atoms with Crippen molar-refractivity contribution < 1.29 is 4.79 Å². The van der Waals surface area contributed by atoms with Crippen LogP contribution >= 0.6 is 11.8 Å². The Balaban J connectivity index is 2.03. The number of nitrogens with one attached hydrogen (secondary N) is 1. The number of hydrogen-bond acceptors (Lipinski definition) is 4. The van der Waals surface area contributed by atoms with Crippen LogP contribution in [0.15, 0.2) is 29.3 Å². The summed E-state index contributed by atoms with van der Waals surface area (Å²) in [7, 11) is 0. The summed E-state index contributed by atoms with van der Waals surface area (Å²) < 4.78 is 0. The highest BCUT2D eigenvalue weighted by atomic mass is 32.2. The van der Waals surface area contributed by atoms with Crippen molar-refractivity contribution in [3.8, 4) is 0 Å². The van der Waals surface area contributed by atoms with Crippen LogP contribution in [-0.4, -0.2) is 22.7 Å². The van der Waals surface area contributed by atoms with Gasteiger partial charge in [-0.05, 0) is 31.2 Å². The molecule has 1 aliphatic rings. The maximum atomic E-state index is 11.1. The lowest BCUT2D eigenvalue weighted by Gasteiger charge is -2.06. The molecular weight excluding hydrogens is 220 g/mol. The van der Waals surface area contributed by atoms with E-state index in [0.717, 1.165) is 23.0 Å². The molecule has 0 saturated heterocycles. The number of carbonyl (C=O) groups is 1. The maximum Gasteiger partial charge on any atom is 0.161 e. The Hall–Kier alpha value is -1.29. The molecule has 1 aromatic carbocycles. The van der Waals surface area contributed by atoms with Gasteiger partial charge in [-0.2, -0.15) is 0 Å². The Bertz CT molecular complexity index is 425. The number of Topliss-reactive ketones (excluding diaryl/α,β-unsaturated/α-hetero) is 1. The molecule has 1 N–H and O–H groups in total. The van der Waals surface area contributed by atoms with E-state index in [1.165, 1.54) is 0 Å². The van der Waals surface area contributed by atoms with Crippen LogP contribution in [0, 0.1) is 0 Å². The number of hydrogen-bond donors (Lipinski definition) is 1. The second-order valence-corrected chi connectivity index (χ2v) is 5.26. The lowest BCUT2D eigenvalue weighted by atomic mass is 10.1. The molecule has 0 bridgehead atoms. The van der Waals surface area contributed by atoms with E-state index in [-0.39, 0.29) is 5.78 Å². The molecule has 4 heteroatoms. The van der Waals surface area contributed by atoms with Crippen LogP contribution in [-0.2, 0) is 0 Å². The van der Waals surface area contributed by atoms with Gasteiger partial charge in [0.15, 0.2) is 11.0 Å². The van der Waals surface area contributed by atoms with Crippen LogP contribution in [0.25, 0.3) is 0 Å². The van der Waals surface area contributed by atoms with Crippen LogP contribution in [0.3, 0.4) is 0 Å². The van der Waals surface area contributed by atoms with Gasteiger partial charge < -0.3 is 5.32 Å². The van der Waals surface area contributed by atoms with Gasteiger partial charge in [-0.25, -0.2) is 0 Å². The molecule has 84 valence electrons. The zero-order valence-corrected chi connectivity index (χ0v) is 10.2. The summed E-state index contributed by atoms with van der Waals surface area (Å²) in [4.78, 5) is 15.5. The zero-order chi connectivity index (χ0) is 11.5. The van der Waals surface area contributed by atoms with Gasteiger partial charge in [-0.3, -0.25) is 9.79 Å². The smallest absolute Gasteiger partial charge is 0.161 e. The molecule has 16 heavy (non-hydrogen) atoms. The number of anilines is 1. The number of amidine groups is 1. The first-order valence-electron chi connectivity index (χ1n) is 5.24.